The Balaban J connectivity index is 1.82. The quantitative estimate of drug-likeness (QED) is 0.745. The van der Waals surface area contributed by atoms with Gasteiger partial charge in [0.25, 0.3) is 5.91 Å². The van der Waals surface area contributed by atoms with Gasteiger partial charge in [-0.2, -0.15) is 0 Å². The fraction of sp³-hybridized carbons (Fsp3) is 0.529. The number of fused-ring (bicyclic) bond motifs is 1. The van der Waals surface area contributed by atoms with Crippen LogP contribution < -0.4 is 0 Å². The van der Waals surface area contributed by atoms with Gasteiger partial charge in [0.1, 0.15) is 0 Å². The van der Waals surface area contributed by atoms with Gasteiger partial charge in [-0.05, 0) is 37.3 Å². The van der Waals surface area contributed by atoms with Gasteiger partial charge in [-0.1, -0.05) is 25.1 Å². The smallest absolute Gasteiger partial charge is 0.339 e. The second kappa shape index (κ2) is 5.17. The molecule has 0 saturated carbocycles. The number of cyclic esters (lactones) is 1. The highest BCUT2D eigenvalue weighted by atomic mass is 16.6. The van der Waals surface area contributed by atoms with Crippen molar-refractivity contribution in [3.8, 4) is 0 Å². The number of hydrogen-bond donors (Lipinski definition) is 0. The predicted molar refractivity (Wildman–Crippen MR) is 78.9 cm³/mol. The number of hydrogen-bond acceptors (Lipinski definition) is 3. The zero-order valence-corrected chi connectivity index (χ0v) is 12.6. The Bertz CT molecular complexity index is 575. The fourth-order valence-electron chi connectivity index (χ4n) is 3.20. The van der Waals surface area contributed by atoms with Gasteiger partial charge in [-0.25, -0.2) is 4.79 Å². The van der Waals surface area contributed by atoms with Crippen LogP contribution >= 0.6 is 0 Å². The van der Waals surface area contributed by atoms with E-state index in [-0.39, 0.29) is 5.91 Å². The van der Waals surface area contributed by atoms with E-state index in [0.29, 0.717) is 17.9 Å². The van der Waals surface area contributed by atoms with Gasteiger partial charge in [0.2, 0.25) is 0 Å². The fourth-order valence-corrected chi connectivity index (χ4v) is 3.20. The van der Waals surface area contributed by atoms with Gasteiger partial charge >= 0.3 is 5.97 Å². The van der Waals surface area contributed by atoms with Crippen LogP contribution in [0.2, 0.25) is 0 Å². The van der Waals surface area contributed by atoms with E-state index in [0.717, 1.165) is 31.5 Å². The number of ether oxygens (including phenoxy) is 1. The lowest BCUT2D eigenvalue weighted by Gasteiger charge is -2.39. The van der Waals surface area contributed by atoms with Gasteiger partial charge < -0.3 is 9.64 Å². The number of piperidine rings is 1. The van der Waals surface area contributed by atoms with Crippen LogP contribution in [-0.4, -0.2) is 35.5 Å². The van der Waals surface area contributed by atoms with E-state index in [9.17, 15) is 9.59 Å². The summed E-state index contributed by atoms with van der Waals surface area (Å²) in [5.41, 5.74) is 0.413. The summed E-state index contributed by atoms with van der Waals surface area (Å²) in [6.07, 6.45) is 2.50. The summed E-state index contributed by atoms with van der Waals surface area (Å²) in [6.45, 7) is 5.46. The maximum atomic E-state index is 12.8. The average Bonchev–Trinajstić information content (AvgIpc) is 2.47. The molecule has 2 heterocycles. The summed E-state index contributed by atoms with van der Waals surface area (Å²) >= 11 is 0. The van der Waals surface area contributed by atoms with Gasteiger partial charge in [0.05, 0.1) is 5.56 Å². The van der Waals surface area contributed by atoms with Crippen LogP contribution in [0.15, 0.2) is 24.3 Å². The summed E-state index contributed by atoms with van der Waals surface area (Å²) in [6, 6.07) is 7.37. The molecular weight excluding hydrogens is 266 g/mol. The highest BCUT2D eigenvalue weighted by Crippen LogP contribution is 2.31. The van der Waals surface area contributed by atoms with Crippen LogP contribution in [0.3, 0.4) is 0 Å². The summed E-state index contributed by atoms with van der Waals surface area (Å²) in [5, 5.41) is 0. The molecule has 0 bridgehead atoms. The van der Waals surface area contributed by atoms with Crippen molar-refractivity contribution in [1.82, 2.24) is 4.90 Å². The largest absolute Gasteiger partial charge is 0.445 e. The Labute approximate surface area is 125 Å². The van der Waals surface area contributed by atoms with E-state index in [2.05, 4.69) is 6.92 Å². The molecule has 0 aliphatic carbocycles. The molecule has 112 valence electrons. The van der Waals surface area contributed by atoms with E-state index < -0.39 is 11.6 Å². The number of rotatable bonds is 1. The number of carbonyl (C=O) groups is 2. The number of likely N-dealkylation sites (tertiary alicyclic amines) is 1. The average molecular weight is 287 g/mol. The van der Waals surface area contributed by atoms with Crippen molar-refractivity contribution in [2.24, 2.45) is 5.92 Å². The maximum absolute atomic E-state index is 12.8. The van der Waals surface area contributed by atoms with Crippen LogP contribution in [0.25, 0.3) is 0 Å². The Hall–Kier alpha value is -1.84. The van der Waals surface area contributed by atoms with Crippen molar-refractivity contribution in [2.45, 2.75) is 38.7 Å². The van der Waals surface area contributed by atoms with Gasteiger partial charge in [0, 0.05) is 19.5 Å². The molecule has 0 spiro atoms. The molecule has 3 rings (SSSR count). The van der Waals surface area contributed by atoms with Crippen molar-refractivity contribution in [2.75, 3.05) is 13.1 Å². The zero-order chi connectivity index (χ0) is 15.0. The Morgan fingerprint density at radius 1 is 1.29 bits per heavy atom. The maximum Gasteiger partial charge on any atom is 0.339 e. The van der Waals surface area contributed by atoms with Crippen molar-refractivity contribution in [3.63, 3.8) is 0 Å². The molecule has 1 fully saturated rings. The molecule has 1 atom stereocenters. The van der Waals surface area contributed by atoms with Crippen molar-refractivity contribution < 1.29 is 14.3 Å². The second-order valence-corrected chi connectivity index (χ2v) is 6.43. The number of esters is 1. The molecule has 1 aromatic carbocycles. The van der Waals surface area contributed by atoms with Crippen molar-refractivity contribution in [1.29, 1.82) is 0 Å². The van der Waals surface area contributed by atoms with Crippen LogP contribution in [0.5, 0.6) is 0 Å². The highest BCUT2D eigenvalue weighted by Gasteiger charge is 2.45. The molecule has 0 aromatic heterocycles. The van der Waals surface area contributed by atoms with Crippen molar-refractivity contribution in [3.05, 3.63) is 35.4 Å². The molecule has 2 aliphatic heterocycles. The molecule has 4 nitrogen and oxygen atoms in total. The first-order valence-electron chi connectivity index (χ1n) is 7.60. The first-order valence-corrected chi connectivity index (χ1v) is 7.60. The SMILES string of the molecule is CC1CCN(C(=O)C2(C)Cc3ccccc3C(=O)O2)CC1. The normalized spacial score (nSPS) is 26.2. The summed E-state index contributed by atoms with van der Waals surface area (Å²) < 4.78 is 5.51. The molecule has 0 radical (unpaired) electrons. The third-order valence-corrected chi connectivity index (χ3v) is 4.61. The molecule has 21 heavy (non-hydrogen) atoms. The molecule has 2 aliphatic rings. The zero-order valence-electron chi connectivity index (χ0n) is 12.6. The van der Waals surface area contributed by atoms with Crippen LogP contribution in [0, 0.1) is 5.92 Å². The Morgan fingerprint density at radius 2 is 1.95 bits per heavy atom. The van der Waals surface area contributed by atoms with E-state index in [4.69, 9.17) is 4.74 Å². The lowest BCUT2D eigenvalue weighted by Crippen LogP contribution is -2.54. The van der Waals surface area contributed by atoms with Gasteiger partial charge in [0.15, 0.2) is 5.60 Å². The predicted octanol–water partition coefficient (Wildman–Crippen LogP) is 2.42. The summed E-state index contributed by atoms with van der Waals surface area (Å²) in [5.74, 6) is 0.215. The molecule has 1 saturated heterocycles. The third-order valence-electron chi connectivity index (χ3n) is 4.61. The summed E-state index contributed by atoms with van der Waals surface area (Å²) in [4.78, 5) is 26.8. The molecule has 4 heteroatoms. The highest BCUT2D eigenvalue weighted by molar-refractivity contribution is 5.97. The van der Waals surface area contributed by atoms with Crippen molar-refractivity contribution >= 4 is 11.9 Å². The third kappa shape index (κ3) is 2.55. The van der Waals surface area contributed by atoms with Gasteiger partial charge in [-0.15, -0.1) is 0 Å². The van der Waals surface area contributed by atoms with Crippen LogP contribution in [0.4, 0.5) is 0 Å². The second-order valence-electron chi connectivity index (χ2n) is 6.43. The number of nitrogens with zero attached hydrogens (tertiary/aromatic N) is 1. The van der Waals surface area contributed by atoms with E-state index in [1.807, 2.05) is 23.1 Å². The minimum Gasteiger partial charge on any atom is -0.445 e. The lowest BCUT2D eigenvalue weighted by atomic mass is 9.88. The monoisotopic (exact) mass is 287 g/mol. The lowest BCUT2D eigenvalue weighted by molar-refractivity contribution is -0.152. The molecular formula is C17H21NO3. The first kappa shape index (κ1) is 14.1. The van der Waals surface area contributed by atoms with E-state index in [1.54, 1.807) is 13.0 Å². The van der Waals surface area contributed by atoms with E-state index >= 15 is 0 Å². The Morgan fingerprint density at radius 3 is 2.67 bits per heavy atom. The first-order chi connectivity index (χ1) is 9.99. The van der Waals surface area contributed by atoms with E-state index in [1.165, 1.54) is 0 Å². The summed E-state index contributed by atoms with van der Waals surface area (Å²) in [7, 11) is 0. The minimum absolute atomic E-state index is 0.0581. The minimum atomic E-state index is -1.06. The topological polar surface area (TPSA) is 46.6 Å². The van der Waals surface area contributed by atoms with Crippen LogP contribution in [-0.2, 0) is 16.0 Å². The van der Waals surface area contributed by atoms with Crippen LogP contribution in [0.1, 0.15) is 42.6 Å². The standard InChI is InChI=1S/C17H21NO3/c1-12-7-9-18(10-8-12)16(20)17(2)11-13-5-3-4-6-14(13)15(19)21-17/h3-6,12H,7-11H2,1-2H3. The molecule has 1 unspecified atom stereocenters. The number of amides is 1. The molecule has 1 aromatic rings. The number of benzene rings is 1. The Kier molecular flexibility index (Phi) is 3.47. The number of carbonyl (C=O) groups excluding carboxylic acids is 2. The molecule has 1 amide bonds. The molecule has 0 N–H and O–H groups in total. The van der Waals surface area contributed by atoms with Gasteiger partial charge in [-0.3, -0.25) is 4.79 Å².